The second-order valence-electron chi connectivity index (χ2n) is 3.48. The Morgan fingerprint density at radius 1 is 1.43 bits per heavy atom. The van der Waals surface area contributed by atoms with Gasteiger partial charge in [-0.3, -0.25) is 4.79 Å². The number of hydrogen-bond acceptors (Lipinski definition) is 3. The molecular formula is C10H17NO3. The molecule has 80 valence electrons. The summed E-state index contributed by atoms with van der Waals surface area (Å²) in [5.74, 6) is -0.244. The number of amides is 1. The van der Waals surface area contributed by atoms with E-state index in [0.717, 1.165) is 19.3 Å². The van der Waals surface area contributed by atoms with Crippen LogP contribution in [0.5, 0.6) is 0 Å². The van der Waals surface area contributed by atoms with Crippen molar-refractivity contribution in [2.24, 2.45) is 0 Å². The first kappa shape index (κ1) is 11.0. The second kappa shape index (κ2) is 4.98. The summed E-state index contributed by atoms with van der Waals surface area (Å²) in [7, 11) is 1.37. The van der Waals surface area contributed by atoms with Crippen LogP contribution in [0.25, 0.3) is 0 Å². The molecule has 1 fully saturated rings. The van der Waals surface area contributed by atoms with E-state index >= 15 is 0 Å². The van der Waals surface area contributed by atoms with Crippen LogP contribution in [0.1, 0.15) is 32.6 Å². The fourth-order valence-corrected chi connectivity index (χ4v) is 1.81. The smallest absolute Gasteiger partial charge is 0.328 e. The first-order chi connectivity index (χ1) is 6.70. The van der Waals surface area contributed by atoms with E-state index in [2.05, 4.69) is 4.74 Å². The van der Waals surface area contributed by atoms with Crippen molar-refractivity contribution in [2.75, 3.05) is 13.7 Å². The van der Waals surface area contributed by atoms with Gasteiger partial charge in [-0.25, -0.2) is 4.79 Å². The lowest BCUT2D eigenvalue weighted by atomic mass is 10.0. The lowest BCUT2D eigenvalue weighted by molar-refractivity contribution is -0.154. The summed E-state index contributed by atoms with van der Waals surface area (Å²) in [6.45, 7) is 2.50. The second-order valence-corrected chi connectivity index (χ2v) is 3.48. The molecule has 0 aromatic heterocycles. The zero-order chi connectivity index (χ0) is 10.6. The van der Waals surface area contributed by atoms with Gasteiger partial charge >= 0.3 is 5.97 Å². The number of nitrogens with zero attached hydrogens (tertiary/aromatic N) is 1. The first-order valence-electron chi connectivity index (χ1n) is 5.08. The summed E-state index contributed by atoms with van der Waals surface area (Å²) in [5.41, 5.74) is 0. The third-order valence-electron chi connectivity index (χ3n) is 2.60. The van der Waals surface area contributed by atoms with Crippen molar-refractivity contribution in [3.05, 3.63) is 0 Å². The van der Waals surface area contributed by atoms with Gasteiger partial charge in [-0.2, -0.15) is 0 Å². The molecule has 0 aromatic rings. The molecule has 1 aliphatic heterocycles. The first-order valence-corrected chi connectivity index (χ1v) is 5.08. The molecule has 0 aromatic carbocycles. The maximum atomic E-state index is 11.5. The number of hydrogen-bond donors (Lipinski definition) is 0. The van der Waals surface area contributed by atoms with Gasteiger partial charge in [0.05, 0.1) is 7.11 Å². The van der Waals surface area contributed by atoms with Crippen LogP contribution in [0, 0.1) is 0 Å². The van der Waals surface area contributed by atoms with E-state index in [1.54, 1.807) is 4.90 Å². The van der Waals surface area contributed by atoms with Gasteiger partial charge in [-0.15, -0.1) is 0 Å². The molecule has 0 unspecified atom stereocenters. The molecule has 1 amide bonds. The van der Waals surface area contributed by atoms with E-state index in [0.29, 0.717) is 13.0 Å². The fourth-order valence-electron chi connectivity index (χ4n) is 1.81. The summed E-state index contributed by atoms with van der Waals surface area (Å²) in [4.78, 5) is 24.5. The van der Waals surface area contributed by atoms with Gasteiger partial charge < -0.3 is 9.64 Å². The van der Waals surface area contributed by atoms with E-state index in [9.17, 15) is 9.59 Å². The van der Waals surface area contributed by atoms with E-state index in [4.69, 9.17) is 0 Å². The van der Waals surface area contributed by atoms with Crippen LogP contribution in [-0.2, 0) is 14.3 Å². The lowest BCUT2D eigenvalue weighted by Gasteiger charge is -2.33. The Kier molecular flexibility index (Phi) is 3.92. The summed E-state index contributed by atoms with van der Waals surface area (Å²) >= 11 is 0. The van der Waals surface area contributed by atoms with Crippen LogP contribution in [0.15, 0.2) is 0 Å². The van der Waals surface area contributed by atoms with Crippen LogP contribution in [0.3, 0.4) is 0 Å². The van der Waals surface area contributed by atoms with E-state index in [1.807, 2.05) is 6.92 Å². The van der Waals surface area contributed by atoms with Crippen molar-refractivity contribution in [3.8, 4) is 0 Å². The van der Waals surface area contributed by atoms with Gasteiger partial charge in [0.25, 0.3) is 0 Å². The van der Waals surface area contributed by atoms with Crippen molar-refractivity contribution in [3.63, 3.8) is 0 Å². The number of ether oxygens (including phenoxy) is 1. The van der Waals surface area contributed by atoms with Crippen molar-refractivity contribution in [1.29, 1.82) is 0 Å². The highest BCUT2D eigenvalue weighted by molar-refractivity contribution is 5.84. The highest BCUT2D eigenvalue weighted by atomic mass is 16.5. The Balaban J connectivity index is 2.68. The van der Waals surface area contributed by atoms with Crippen LogP contribution in [0.2, 0.25) is 0 Å². The van der Waals surface area contributed by atoms with Crippen molar-refractivity contribution < 1.29 is 14.3 Å². The Bertz CT molecular complexity index is 203. The number of methoxy groups -OCH3 is 1. The van der Waals surface area contributed by atoms with Crippen LogP contribution in [-0.4, -0.2) is 36.5 Å². The Labute approximate surface area is 84.2 Å². The molecule has 0 N–H and O–H groups in total. The SMILES string of the molecule is CCC(=O)N1CCCC[C@@H]1C(=O)OC. The minimum atomic E-state index is -0.346. The number of rotatable bonds is 2. The van der Waals surface area contributed by atoms with Crippen LogP contribution >= 0.6 is 0 Å². The van der Waals surface area contributed by atoms with Crippen LogP contribution < -0.4 is 0 Å². The van der Waals surface area contributed by atoms with E-state index in [-0.39, 0.29) is 17.9 Å². The average molecular weight is 199 g/mol. The third kappa shape index (κ3) is 2.25. The Morgan fingerprint density at radius 3 is 2.71 bits per heavy atom. The topological polar surface area (TPSA) is 46.6 Å². The molecule has 4 heteroatoms. The number of esters is 1. The summed E-state index contributed by atoms with van der Waals surface area (Å²) in [6.07, 6.45) is 3.17. The third-order valence-corrected chi connectivity index (χ3v) is 2.60. The normalized spacial score (nSPS) is 21.9. The van der Waals surface area contributed by atoms with Gasteiger partial charge in [0.1, 0.15) is 6.04 Å². The largest absolute Gasteiger partial charge is 0.467 e. The molecule has 14 heavy (non-hydrogen) atoms. The number of carbonyl (C=O) groups excluding carboxylic acids is 2. The predicted octanol–water partition coefficient (Wildman–Crippen LogP) is 0.950. The molecule has 1 saturated heterocycles. The van der Waals surface area contributed by atoms with Gasteiger partial charge in [0.2, 0.25) is 5.91 Å². The van der Waals surface area contributed by atoms with Gasteiger partial charge in [0, 0.05) is 13.0 Å². The average Bonchev–Trinajstić information content (AvgIpc) is 2.27. The van der Waals surface area contributed by atoms with Crippen molar-refractivity contribution in [2.45, 2.75) is 38.6 Å². The predicted molar refractivity (Wildman–Crippen MR) is 51.7 cm³/mol. The maximum Gasteiger partial charge on any atom is 0.328 e. The highest BCUT2D eigenvalue weighted by Gasteiger charge is 2.31. The quantitative estimate of drug-likeness (QED) is 0.622. The van der Waals surface area contributed by atoms with Gasteiger partial charge in [-0.1, -0.05) is 6.92 Å². The summed E-state index contributed by atoms with van der Waals surface area (Å²) in [6, 6.07) is -0.346. The fraction of sp³-hybridized carbons (Fsp3) is 0.800. The molecule has 1 atom stereocenters. The van der Waals surface area contributed by atoms with E-state index < -0.39 is 0 Å². The zero-order valence-corrected chi connectivity index (χ0v) is 8.78. The molecule has 0 saturated carbocycles. The van der Waals surface area contributed by atoms with Crippen molar-refractivity contribution >= 4 is 11.9 Å². The van der Waals surface area contributed by atoms with E-state index in [1.165, 1.54) is 7.11 Å². The molecule has 1 heterocycles. The molecular weight excluding hydrogens is 182 g/mol. The minimum Gasteiger partial charge on any atom is -0.467 e. The molecule has 0 spiro atoms. The molecule has 1 aliphatic rings. The van der Waals surface area contributed by atoms with Crippen molar-refractivity contribution in [1.82, 2.24) is 4.90 Å². The highest BCUT2D eigenvalue weighted by Crippen LogP contribution is 2.18. The standard InChI is InChI=1S/C10H17NO3/c1-3-9(12)11-7-5-4-6-8(11)10(13)14-2/h8H,3-7H2,1-2H3/t8-/m1/s1. The maximum absolute atomic E-state index is 11.5. The summed E-state index contributed by atoms with van der Waals surface area (Å²) in [5, 5.41) is 0. The molecule has 0 bridgehead atoms. The van der Waals surface area contributed by atoms with Crippen LogP contribution in [0.4, 0.5) is 0 Å². The molecule has 1 rings (SSSR count). The molecule has 0 radical (unpaired) electrons. The number of likely N-dealkylation sites (tertiary alicyclic amines) is 1. The Hall–Kier alpha value is -1.06. The number of carbonyl (C=O) groups is 2. The minimum absolute atomic E-state index is 0.0418. The van der Waals surface area contributed by atoms with Gasteiger partial charge in [0.15, 0.2) is 0 Å². The lowest BCUT2D eigenvalue weighted by Crippen LogP contribution is -2.48. The summed E-state index contributed by atoms with van der Waals surface area (Å²) < 4.78 is 4.68. The Morgan fingerprint density at radius 2 is 2.14 bits per heavy atom. The zero-order valence-electron chi connectivity index (χ0n) is 8.78. The monoisotopic (exact) mass is 199 g/mol. The van der Waals surface area contributed by atoms with Gasteiger partial charge in [-0.05, 0) is 19.3 Å². The molecule has 4 nitrogen and oxygen atoms in total. The number of piperidine rings is 1. The molecule has 0 aliphatic carbocycles.